The highest BCUT2D eigenvalue weighted by Gasteiger charge is 2.41. The van der Waals surface area contributed by atoms with Gasteiger partial charge in [0.05, 0.1) is 34.5 Å². The van der Waals surface area contributed by atoms with Gasteiger partial charge in [0.1, 0.15) is 0 Å². The quantitative estimate of drug-likeness (QED) is 0.796. The summed E-state index contributed by atoms with van der Waals surface area (Å²) >= 11 is 0. The molecular formula is C23H29NO6. The monoisotopic (exact) mass is 415 g/mol. The predicted molar refractivity (Wildman–Crippen MR) is 113 cm³/mol. The number of aromatic hydroxyl groups is 1. The first kappa shape index (κ1) is 21.6. The average molecular weight is 415 g/mol. The number of carbonyl (C=O) groups is 1. The molecule has 2 aromatic rings. The smallest absolute Gasteiger partial charge is 0.255 e. The number of hydrogen-bond acceptors (Lipinski definition) is 6. The summed E-state index contributed by atoms with van der Waals surface area (Å²) in [5.74, 6) is 1.63. The van der Waals surface area contributed by atoms with Crippen molar-refractivity contribution in [1.82, 2.24) is 4.90 Å². The van der Waals surface area contributed by atoms with Crippen LogP contribution in [0.25, 0.3) is 0 Å². The maximum Gasteiger partial charge on any atom is 0.255 e. The van der Waals surface area contributed by atoms with Crippen molar-refractivity contribution >= 4 is 5.91 Å². The maximum atomic E-state index is 13.7. The molecule has 0 saturated heterocycles. The van der Waals surface area contributed by atoms with Crippen LogP contribution in [0.5, 0.6) is 28.7 Å². The van der Waals surface area contributed by atoms with Crippen LogP contribution in [-0.4, -0.2) is 49.9 Å². The molecule has 1 aliphatic heterocycles. The van der Waals surface area contributed by atoms with Crippen molar-refractivity contribution in [1.29, 1.82) is 0 Å². The Bertz CT molecular complexity index is 943. The van der Waals surface area contributed by atoms with Crippen LogP contribution in [-0.2, 0) is 6.42 Å². The summed E-state index contributed by atoms with van der Waals surface area (Å²) in [6, 6.07) is 6.64. The van der Waals surface area contributed by atoms with Gasteiger partial charge in [0.25, 0.3) is 5.91 Å². The topological polar surface area (TPSA) is 77.5 Å². The lowest BCUT2D eigenvalue weighted by Gasteiger charge is -2.47. The fourth-order valence-corrected chi connectivity index (χ4v) is 4.34. The van der Waals surface area contributed by atoms with E-state index in [4.69, 9.17) is 18.9 Å². The van der Waals surface area contributed by atoms with E-state index in [-0.39, 0.29) is 17.7 Å². The highest BCUT2D eigenvalue weighted by Crippen LogP contribution is 2.45. The van der Waals surface area contributed by atoms with Gasteiger partial charge in [0, 0.05) is 11.1 Å². The molecule has 0 saturated carbocycles. The third-order valence-corrected chi connectivity index (χ3v) is 5.68. The van der Waals surface area contributed by atoms with Gasteiger partial charge in [-0.3, -0.25) is 4.79 Å². The third-order valence-electron chi connectivity index (χ3n) is 5.68. The van der Waals surface area contributed by atoms with Crippen LogP contribution < -0.4 is 18.9 Å². The van der Waals surface area contributed by atoms with E-state index in [1.165, 1.54) is 28.4 Å². The zero-order valence-electron chi connectivity index (χ0n) is 18.5. The Morgan fingerprint density at radius 2 is 1.53 bits per heavy atom. The molecule has 0 fully saturated rings. The lowest BCUT2D eigenvalue weighted by atomic mass is 9.81. The molecule has 1 unspecified atom stereocenters. The van der Waals surface area contributed by atoms with Crippen molar-refractivity contribution in [3.63, 3.8) is 0 Å². The molecule has 1 heterocycles. The van der Waals surface area contributed by atoms with Crippen LogP contribution in [0, 0.1) is 0 Å². The van der Waals surface area contributed by atoms with E-state index in [2.05, 4.69) is 0 Å². The maximum absolute atomic E-state index is 13.7. The number of carbonyl (C=O) groups excluding carboxylic acids is 1. The summed E-state index contributed by atoms with van der Waals surface area (Å²) in [4.78, 5) is 15.5. The van der Waals surface area contributed by atoms with Gasteiger partial charge in [-0.15, -0.1) is 0 Å². The minimum Gasteiger partial charge on any atom is -0.504 e. The van der Waals surface area contributed by atoms with Gasteiger partial charge in [-0.25, -0.2) is 0 Å². The lowest BCUT2D eigenvalue weighted by molar-refractivity contribution is 0.0367. The summed E-state index contributed by atoms with van der Waals surface area (Å²) in [6.45, 7) is 6.01. The number of methoxy groups -OCH3 is 4. The molecule has 1 N–H and O–H groups in total. The molecule has 1 amide bonds. The van der Waals surface area contributed by atoms with Crippen molar-refractivity contribution in [3.8, 4) is 28.7 Å². The zero-order chi connectivity index (χ0) is 22.2. The van der Waals surface area contributed by atoms with Gasteiger partial charge >= 0.3 is 0 Å². The van der Waals surface area contributed by atoms with Crippen molar-refractivity contribution < 1.29 is 28.8 Å². The average Bonchev–Trinajstić information content (AvgIpc) is 2.71. The van der Waals surface area contributed by atoms with Gasteiger partial charge in [0.15, 0.2) is 23.0 Å². The number of ether oxygens (including phenoxy) is 4. The highest BCUT2D eigenvalue weighted by molar-refractivity contribution is 5.96. The zero-order valence-corrected chi connectivity index (χ0v) is 18.5. The van der Waals surface area contributed by atoms with E-state index in [1.54, 1.807) is 24.3 Å². The predicted octanol–water partition coefficient (Wildman–Crippen LogP) is 3.96. The second kappa shape index (κ2) is 7.97. The van der Waals surface area contributed by atoms with Crippen molar-refractivity contribution in [2.45, 2.75) is 38.8 Å². The summed E-state index contributed by atoms with van der Waals surface area (Å²) in [5, 5.41) is 10.2. The molecule has 3 rings (SSSR count). The Morgan fingerprint density at radius 1 is 0.967 bits per heavy atom. The Labute approximate surface area is 177 Å². The van der Waals surface area contributed by atoms with Crippen LogP contribution >= 0.6 is 0 Å². The molecule has 7 nitrogen and oxygen atoms in total. The SMILES string of the molecule is COc1cc2c(cc1O)CC(C)(C)N(C(=O)c1cc(OC)c(OC)c(OC)c1)C2C. The van der Waals surface area contributed by atoms with Gasteiger partial charge in [-0.05, 0) is 62.6 Å². The van der Waals surface area contributed by atoms with Gasteiger partial charge in [-0.1, -0.05) is 0 Å². The fourth-order valence-electron chi connectivity index (χ4n) is 4.34. The molecule has 162 valence electrons. The van der Waals surface area contributed by atoms with Crippen LogP contribution in [0.2, 0.25) is 0 Å². The molecule has 0 radical (unpaired) electrons. The van der Waals surface area contributed by atoms with E-state index < -0.39 is 5.54 Å². The second-order valence-electron chi connectivity index (χ2n) is 7.98. The molecule has 0 aromatic heterocycles. The fraction of sp³-hybridized carbons (Fsp3) is 0.435. The Hall–Kier alpha value is -3.09. The number of rotatable bonds is 5. The van der Waals surface area contributed by atoms with Crippen molar-refractivity contribution in [3.05, 3.63) is 41.0 Å². The first-order chi connectivity index (χ1) is 14.2. The Balaban J connectivity index is 2.10. The molecule has 2 aromatic carbocycles. The molecule has 30 heavy (non-hydrogen) atoms. The van der Waals surface area contributed by atoms with Crippen LogP contribution in [0.4, 0.5) is 0 Å². The number of phenolic OH excluding ortho intramolecular Hbond substituents is 1. The summed E-state index contributed by atoms with van der Waals surface area (Å²) in [7, 11) is 6.08. The van der Waals surface area contributed by atoms with Crippen LogP contribution in [0.1, 0.15) is 48.3 Å². The second-order valence-corrected chi connectivity index (χ2v) is 7.98. The summed E-state index contributed by atoms with van der Waals surface area (Å²) in [5.41, 5.74) is 1.91. The van der Waals surface area contributed by atoms with E-state index in [0.29, 0.717) is 35.0 Å². The molecule has 1 aliphatic rings. The lowest BCUT2D eigenvalue weighted by Crippen LogP contribution is -2.53. The van der Waals surface area contributed by atoms with Gasteiger partial charge < -0.3 is 29.0 Å². The highest BCUT2D eigenvalue weighted by atomic mass is 16.5. The number of phenols is 1. The Kier molecular flexibility index (Phi) is 5.74. The van der Waals surface area contributed by atoms with E-state index in [9.17, 15) is 9.90 Å². The number of benzene rings is 2. The molecular weight excluding hydrogens is 386 g/mol. The van der Waals surface area contributed by atoms with Crippen LogP contribution in [0.15, 0.2) is 24.3 Å². The van der Waals surface area contributed by atoms with Crippen molar-refractivity contribution in [2.24, 2.45) is 0 Å². The van der Waals surface area contributed by atoms with Crippen molar-refractivity contribution in [2.75, 3.05) is 28.4 Å². The minimum atomic E-state index is -0.481. The number of nitrogens with zero attached hydrogens (tertiary/aromatic N) is 1. The third kappa shape index (κ3) is 3.49. The molecule has 1 atom stereocenters. The molecule has 7 heteroatoms. The van der Waals surface area contributed by atoms with Gasteiger partial charge in [0.2, 0.25) is 5.75 Å². The molecule has 0 spiro atoms. The van der Waals surface area contributed by atoms with Gasteiger partial charge in [-0.2, -0.15) is 0 Å². The number of hydrogen-bond donors (Lipinski definition) is 1. The standard InChI is InChI=1S/C23H29NO6/c1-13-16-11-18(27-4)17(25)8-15(16)12-23(2,3)24(13)22(26)14-9-19(28-5)21(30-7)20(10-14)29-6/h8-11,13,25H,12H2,1-7H3. The number of fused-ring (bicyclic) bond motifs is 1. The summed E-state index contributed by atoms with van der Waals surface area (Å²) in [6.07, 6.45) is 0.598. The van der Waals surface area contributed by atoms with Crippen LogP contribution in [0.3, 0.4) is 0 Å². The number of amides is 1. The largest absolute Gasteiger partial charge is 0.504 e. The first-order valence-electron chi connectivity index (χ1n) is 9.72. The molecule has 0 aliphatic carbocycles. The normalized spacial score (nSPS) is 17.2. The van der Waals surface area contributed by atoms with E-state index in [0.717, 1.165) is 11.1 Å². The Morgan fingerprint density at radius 3 is 2.03 bits per heavy atom. The van der Waals surface area contributed by atoms with E-state index >= 15 is 0 Å². The molecule has 0 bridgehead atoms. The summed E-state index contributed by atoms with van der Waals surface area (Å²) < 4.78 is 21.5. The first-order valence-corrected chi connectivity index (χ1v) is 9.72. The minimum absolute atomic E-state index is 0.101. The van der Waals surface area contributed by atoms with E-state index in [1.807, 2.05) is 25.7 Å².